The molecule has 10 heteroatoms. The van der Waals surface area contributed by atoms with Crippen molar-refractivity contribution in [2.24, 2.45) is 16.9 Å². The van der Waals surface area contributed by atoms with Gasteiger partial charge in [-0.2, -0.15) is 8.70 Å². The summed E-state index contributed by atoms with van der Waals surface area (Å²) < 4.78 is 49.4. The zero-order valence-electron chi connectivity index (χ0n) is 19.2. The number of hydrogen-bond acceptors (Lipinski definition) is 5. The van der Waals surface area contributed by atoms with E-state index in [9.17, 15) is 22.7 Å². The molecule has 2 aromatic rings. The van der Waals surface area contributed by atoms with Gasteiger partial charge in [0, 0.05) is 18.2 Å². The Bertz CT molecular complexity index is 1270. The van der Waals surface area contributed by atoms with Crippen molar-refractivity contribution in [3.05, 3.63) is 53.8 Å². The van der Waals surface area contributed by atoms with Crippen molar-refractivity contribution >= 4 is 33.6 Å². The van der Waals surface area contributed by atoms with Crippen LogP contribution in [0.25, 0.3) is 0 Å². The number of aliphatic carboxylic acids is 1. The van der Waals surface area contributed by atoms with Gasteiger partial charge in [-0.25, -0.2) is 8.42 Å². The molecule has 1 N–H and O–H groups in total. The molecule has 2 aliphatic rings. The van der Waals surface area contributed by atoms with Gasteiger partial charge in [0.15, 0.2) is 12.0 Å². The van der Waals surface area contributed by atoms with Gasteiger partial charge in [-0.15, -0.1) is 0 Å². The molecule has 8 nitrogen and oxygen atoms in total. The van der Waals surface area contributed by atoms with Crippen LogP contribution in [0, 0.1) is 17.7 Å². The first-order valence-corrected chi connectivity index (χ1v) is 12.5. The second kappa shape index (κ2) is 9.27. The summed E-state index contributed by atoms with van der Waals surface area (Å²) in [5, 5.41) is 13.5. The number of rotatable bonds is 7. The molecule has 1 saturated heterocycles. The summed E-state index contributed by atoms with van der Waals surface area (Å²) in [6.45, 7) is 6.23. The van der Waals surface area contributed by atoms with Crippen molar-refractivity contribution in [2.75, 3.05) is 13.1 Å². The van der Waals surface area contributed by atoms with Gasteiger partial charge in [0.25, 0.3) is 5.69 Å². The van der Waals surface area contributed by atoms with Crippen LogP contribution in [-0.2, 0) is 14.8 Å². The lowest BCUT2D eigenvalue weighted by atomic mass is 9.99. The van der Waals surface area contributed by atoms with Crippen LogP contribution in [0.5, 0.6) is 5.75 Å². The first kappa shape index (κ1) is 24.0. The lowest BCUT2D eigenvalue weighted by Gasteiger charge is -2.16. The highest BCUT2D eigenvalue weighted by Crippen LogP contribution is 2.33. The largest absolute Gasteiger partial charge is 0.491 e. The second-order valence-electron chi connectivity index (χ2n) is 8.85. The molecule has 0 aromatic heterocycles. The number of benzene rings is 2. The predicted molar refractivity (Wildman–Crippen MR) is 125 cm³/mol. The summed E-state index contributed by atoms with van der Waals surface area (Å²) in [6.07, 6.45) is 1.34. The van der Waals surface area contributed by atoms with E-state index in [2.05, 4.69) is 5.10 Å². The molecular weight excluding hydrogens is 461 g/mol. The number of hydrazone groups is 1. The molecule has 2 aromatic carbocycles. The predicted octanol–water partition coefficient (Wildman–Crippen LogP) is 3.48. The highest BCUT2D eigenvalue weighted by atomic mass is 32.2. The van der Waals surface area contributed by atoms with Gasteiger partial charge in [-0.05, 0) is 56.2 Å². The zero-order chi connectivity index (χ0) is 24.6. The minimum Gasteiger partial charge on any atom is -0.491 e. The van der Waals surface area contributed by atoms with Gasteiger partial charge < -0.3 is 9.84 Å². The highest BCUT2D eigenvalue weighted by Gasteiger charge is 2.40. The summed E-state index contributed by atoms with van der Waals surface area (Å²) in [6, 6.07) is 10.8. The van der Waals surface area contributed by atoms with Crippen LogP contribution in [0.4, 0.5) is 10.1 Å². The van der Waals surface area contributed by atoms with E-state index in [1.165, 1.54) is 33.3 Å². The Morgan fingerprint density at radius 3 is 2.62 bits per heavy atom. The first-order valence-electron chi connectivity index (χ1n) is 11.1. The molecule has 0 amide bonds. The number of hydrogen-bond donors (Lipinski definition) is 1. The van der Waals surface area contributed by atoms with Crippen molar-refractivity contribution in [1.82, 2.24) is 4.31 Å². The molecule has 2 heterocycles. The highest BCUT2D eigenvalue weighted by molar-refractivity contribution is 7.89. The fourth-order valence-electron chi connectivity index (χ4n) is 4.23. The Balaban J connectivity index is 1.59. The Morgan fingerprint density at radius 1 is 1.26 bits per heavy atom. The molecular formula is C24H27FN3O5S+. The molecule has 180 valence electrons. The fraction of sp³-hybridized carbons (Fsp3) is 0.375. The van der Waals surface area contributed by atoms with E-state index < -0.39 is 21.8 Å². The number of ether oxygens (including phenoxy) is 1. The molecule has 0 aliphatic carbocycles. The first-order chi connectivity index (χ1) is 16.1. The molecule has 34 heavy (non-hydrogen) atoms. The third-order valence-corrected chi connectivity index (χ3v) is 7.72. The topological polar surface area (TPSA) is 99.3 Å². The van der Waals surface area contributed by atoms with E-state index in [1.54, 1.807) is 24.4 Å². The number of para-hydroxylation sites is 1. The number of carboxylic acids is 1. The maximum atomic E-state index is 14.6. The Hall–Kier alpha value is -3.11. The van der Waals surface area contributed by atoms with Gasteiger partial charge in [-0.1, -0.05) is 17.7 Å². The second-order valence-corrected chi connectivity index (χ2v) is 10.8. The molecule has 0 spiro atoms. The van der Waals surface area contributed by atoms with E-state index in [0.29, 0.717) is 17.9 Å². The van der Waals surface area contributed by atoms with Crippen molar-refractivity contribution in [3.63, 3.8) is 0 Å². The monoisotopic (exact) mass is 488 g/mol. The number of fused-ring (bicyclic) bond motifs is 1. The number of carbonyl (C=O) groups is 1. The maximum absolute atomic E-state index is 14.6. The Morgan fingerprint density at radius 2 is 1.97 bits per heavy atom. The van der Waals surface area contributed by atoms with Crippen LogP contribution in [-0.4, -0.2) is 59.6 Å². The van der Waals surface area contributed by atoms with Crippen LogP contribution in [0.3, 0.4) is 0 Å². The summed E-state index contributed by atoms with van der Waals surface area (Å²) in [7, 11) is -3.73. The minimum absolute atomic E-state index is 0.0163. The van der Waals surface area contributed by atoms with E-state index in [-0.39, 0.29) is 47.2 Å². The van der Waals surface area contributed by atoms with Crippen LogP contribution in [0.2, 0.25) is 0 Å². The number of halogens is 1. The van der Waals surface area contributed by atoms with Crippen molar-refractivity contribution in [2.45, 2.75) is 38.2 Å². The van der Waals surface area contributed by atoms with E-state index in [1.807, 2.05) is 20.8 Å². The third-order valence-electron chi connectivity index (χ3n) is 5.88. The molecule has 1 unspecified atom stereocenters. The SMILES string of the molecule is CC(C)Oc1ccc(S(=O)(=O)N2CC(/C=[N+]3/N=C(CC(=O)O)c4cccc(F)c43)[C@@H](C)C2)cc1. The van der Waals surface area contributed by atoms with Crippen LogP contribution in [0.15, 0.2) is 52.5 Å². The van der Waals surface area contributed by atoms with Crippen molar-refractivity contribution < 1.29 is 32.1 Å². The lowest BCUT2D eigenvalue weighted by Crippen LogP contribution is -2.29. The molecule has 2 aliphatic heterocycles. The van der Waals surface area contributed by atoms with Crippen LogP contribution < -0.4 is 4.74 Å². The Kier molecular flexibility index (Phi) is 6.55. The maximum Gasteiger partial charge on any atom is 0.309 e. The number of nitrogens with zero attached hydrogens (tertiary/aromatic N) is 3. The van der Waals surface area contributed by atoms with Gasteiger partial charge in [0.05, 0.1) is 28.9 Å². The molecule has 4 rings (SSSR count). The van der Waals surface area contributed by atoms with Crippen molar-refractivity contribution in [3.8, 4) is 5.75 Å². The van der Waals surface area contributed by atoms with Crippen LogP contribution >= 0.6 is 0 Å². The van der Waals surface area contributed by atoms with Gasteiger partial charge in [-0.3, -0.25) is 4.79 Å². The average molecular weight is 489 g/mol. The Labute approximate surface area is 198 Å². The van der Waals surface area contributed by atoms with E-state index in [4.69, 9.17) is 4.74 Å². The molecule has 0 saturated carbocycles. The molecule has 0 radical (unpaired) electrons. The van der Waals surface area contributed by atoms with Gasteiger partial charge in [0.1, 0.15) is 11.5 Å². The van der Waals surface area contributed by atoms with Gasteiger partial charge >= 0.3 is 5.97 Å². The summed E-state index contributed by atoms with van der Waals surface area (Å²) in [5.74, 6) is -1.27. The zero-order valence-corrected chi connectivity index (χ0v) is 20.0. The normalized spacial score (nSPS) is 21.7. The van der Waals surface area contributed by atoms with Gasteiger partial charge in [0.2, 0.25) is 10.0 Å². The third kappa shape index (κ3) is 4.74. The smallest absolute Gasteiger partial charge is 0.309 e. The molecule has 2 atom stereocenters. The standard InChI is InChI=1S/C24H26FN3O5S/c1-15(2)33-18-7-9-19(10-8-18)34(31,32)27-12-16(3)17(13-27)14-28-24-20(5-4-6-21(24)25)22(26-28)11-23(29)30/h4-10,14-17H,11-13H2,1-3H3/p+1/b28-14+/t16-,17?/m0/s1. The van der Waals surface area contributed by atoms with Crippen LogP contribution in [0.1, 0.15) is 32.8 Å². The summed E-state index contributed by atoms with van der Waals surface area (Å²) in [5.41, 5.74) is 0.877. The minimum atomic E-state index is -3.73. The lowest BCUT2D eigenvalue weighted by molar-refractivity contribution is -0.441. The molecule has 1 fully saturated rings. The summed E-state index contributed by atoms with van der Waals surface area (Å²) >= 11 is 0. The average Bonchev–Trinajstić information content (AvgIpc) is 3.29. The molecule has 0 bridgehead atoms. The van der Waals surface area contributed by atoms with E-state index in [0.717, 1.165) is 0 Å². The van der Waals surface area contributed by atoms with Crippen molar-refractivity contribution in [1.29, 1.82) is 0 Å². The number of sulfonamides is 1. The fourth-order valence-corrected chi connectivity index (χ4v) is 5.80. The van der Waals surface area contributed by atoms with E-state index >= 15 is 0 Å². The summed E-state index contributed by atoms with van der Waals surface area (Å²) in [4.78, 5) is 11.4. The quantitative estimate of drug-likeness (QED) is 0.602. The number of carboxylic acid groups (broad SMARTS) is 1.